The van der Waals surface area contributed by atoms with Crippen molar-refractivity contribution in [3.05, 3.63) is 12.2 Å². The zero-order chi connectivity index (χ0) is 13.1. The van der Waals surface area contributed by atoms with Gasteiger partial charge in [-0.1, -0.05) is 13.8 Å². The fourth-order valence-corrected chi connectivity index (χ4v) is 1.87. The Bertz CT molecular complexity index is 341. The molecule has 1 aromatic rings. The third kappa shape index (κ3) is 5.28. The van der Waals surface area contributed by atoms with Gasteiger partial charge in [-0.15, -0.1) is 0 Å². The van der Waals surface area contributed by atoms with E-state index < -0.39 is 5.60 Å². The molecule has 98 valence electrons. The van der Waals surface area contributed by atoms with Crippen LogP contribution >= 0.6 is 0 Å². The van der Waals surface area contributed by atoms with Crippen molar-refractivity contribution in [3.8, 4) is 0 Å². The highest BCUT2D eigenvalue weighted by Gasteiger charge is 2.17. The molecule has 1 rings (SSSR count). The highest BCUT2D eigenvalue weighted by molar-refractivity contribution is 4.85. The zero-order valence-corrected chi connectivity index (χ0v) is 11.5. The molecule has 0 radical (unpaired) electrons. The van der Waals surface area contributed by atoms with Gasteiger partial charge in [-0.2, -0.15) is 5.10 Å². The van der Waals surface area contributed by atoms with Gasteiger partial charge in [-0.25, -0.2) is 9.67 Å². The molecular weight excluding hydrogens is 216 g/mol. The van der Waals surface area contributed by atoms with Crippen LogP contribution in [0.1, 0.15) is 33.5 Å². The fourth-order valence-electron chi connectivity index (χ4n) is 1.87. The molecular formula is C12H24N4O. The van der Waals surface area contributed by atoms with E-state index in [1.165, 1.54) is 0 Å². The summed E-state index contributed by atoms with van der Waals surface area (Å²) in [6.07, 6.45) is 1.59. The number of hydrogen-bond acceptors (Lipinski definition) is 4. The van der Waals surface area contributed by atoms with Crippen molar-refractivity contribution in [3.63, 3.8) is 0 Å². The van der Waals surface area contributed by atoms with Crippen LogP contribution in [0.4, 0.5) is 0 Å². The van der Waals surface area contributed by atoms with Gasteiger partial charge >= 0.3 is 0 Å². The van der Waals surface area contributed by atoms with Crippen LogP contribution in [0.25, 0.3) is 0 Å². The lowest BCUT2D eigenvalue weighted by Crippen LogP contribution is -2.36. The first-order valence-corrected chi connectivity index (χ1v) is 6.05. The monoisotopic (exact) mass is 240 g/mol. The maximum Gasteiger partial charge on any atom is 0.141 e. The summed E-state index contributed by atoms with van der Waals surface area (Å²) in [4.78, 5) is 6.32. The van der Waals surface area contributed by atoms with Gasteiger partial charge in [-0.3, -0.25) is 4.90 Å². The van der Waals surface area contributed by atoms with Gasteiger partial charge in [-0.05, 0) is 26.8 Å². The summed E-state index contributed by atoms with van der Waals surface area (Å²) in [5, 5.41) is 14.0. The van der Waals surface area contributed by atoms with E-state index in [9.17, 15) is 5.11 Å². The molecule has 0 bridgehead atoms. The zero-order valence-electron chi connectivity index (χ0n) is 11.5. The van der Waals surface area contributed by atoms with Crippen molar-refractivity contribution in [1.29, 1.82) is 0 Å². The van der Waals surface area contributed by atoms with E-state index >= 15 is 0 Å². The Hall–Kier alpha value is -0.940. The average Bonchev–Trinajstić information content (AvgIpc) is 2.47. The summed E-state index contributed by atoms with van der Waals surface area (Å²) < 4.78 is 1.94. The molecule has 0 aromatic carbocycles. The van der Waals surface area contributed by atoms with E-state index in [-0.39, 0.29) is 0 Å². The van der Waals surface area contributed by atoms with E-state index in [4.69, 9.17) is 0 Å². The molecule has 0 aliphatic carbocycles. The molecule has 0 aliphatic rings. The molecule has 0 fully saturated rings. The van der Waals surface area contributed by atoms with Crippen LogP contribution in [0.15, 0.2) is 6.33 Å². The normalized spacial score (nSPS) is 12.7. The molecule has 1 aromatic heterocycles. The van der Waals surface area contributed by atoms with Crippen LogP contribution < -0.4 is 0 Å². The van der Waals surface area contributed by atoms with Crippen molar-refractivity contribution >= 4 is 0 Å². The van der Waals surface area contributed by atoms with Crippen LogP contribution in [-0.4, -0.2) is 44.0 Å². The summed E-state index contributed by atoms with van der Waals surface area (Å²) in [7, 11) is 1.98. The van der Waals surface area contributed by atoms with Gasteiger partial charge in [0.1, 0.15) is 12.2 Å². The highest BCUT2D eigenvalue weighted by atomic mass is 16.3. The van der Waals surface area contributed by atoms with Crippen molar-refractivity contribution in [1.82, 2.24) is 19.7 Å². The predicted molar refractivity (Wildman–Crippen MR) is 67.5 cm³/mol. The Kier molecular flexibility index (Phi) is 4.65. The molecule has 0 spiro atoms. The van der Waals surface area contributed by atoms with Gasteiger partial charge in [0.2, 0.25) is 0 Å². The van der Waals surface area contributed by atoms with E-state index in [0.717, 1.165) is 12.4 Å². The maximum absolute atomic E-state index is 9.75. The highest BCUT2D eigenvalue weighted by Crippen LogP contribution is 2.07. The predicted octanol–water partition coefficient (Wildman–Crippen LogP) is 1.14. The Morgan fingerprint density at radius 2 is 2.12 bits per heavy atom. The quantitative estimate of drug-likeness (QED) is 0.810. The second-order valence-electron chi connectivity index (χ2n) is 5.74. The van der Waals surface area contributed by atoms with Crippen molar-refractivity contribution in [2.45, 2.75) is 46.4 Å². The number of aromatic nitrogens is 3. The van der Waals surface area contributed by atoms with Gasteiger partial charge in [0.25, 0.3) is 0 Å². The lowest BCUT2D eigenvalue weighted by molar-refractivity contribution is 0.0413. The average molecular weight is 240 g/mol. The third-order valence-electron chi connectivity index (χ3n) is 2.30. The van der Waals surface area contributed by atoms with Crippen molar-refractivity contribution in [2.24, 2.45) is 5.92 Å². The lowest BCUT2D eigenvalue weighted by atomic mass is 10.1. The summed E-state index contributed by atoms with van der Waals surface area (Å²) >= 11 is 0. The van der Waals surface area contributed by atoms with Gasteiger partial charge in [0, 0.05) is 13.1 Å². The fraction of sp³-hybridized carbons (Fsp3) is 0.833. The van der Waals surface area contributed by atoms with E-state index in [1.54, 1.807) is 6.33 Å². The van der Waals surface area contributed by atoms with Crippen molar-refractivity contribution in [2.75, 3.05) is 13.6 Å². The van der Waals surface area contributed by atoms with Gasteiger partial charge in [0.15, 0.2) is 0 Å². The van der Waals surface area contributed by atoms with Crippen LogP contribution in [0.5, 0.6) is 0 Å². The number of nitrogens with zero attached hydrogens (tertiary/aromatic N) is 4. The van der Waals surface area contributed by atoms with Crippen LogP contribution in [0.3, 0.4) is 0 Å². The standard InChI is InChI=1S/C12H24N4O/c1-10(2)6-16-11(13-9-14-16)7-15(5)8-12(3,4)17/h9-10,17H,6-8H2,1-5H3. The number of rotatable bonds is 6. The van der Waals surface area contributed by atoms with Gasteiger partial charge in [0.05, 0.1) is 12.1 Å². The molecule has 0 aliphatic heterocycles. The minimum atomic E-state index is -0.683. The molecule has 1 heterocycles. The van der Waals surface area contributed by atoms with Crippen LogP contribution in [0.2, 0.25) is 0 Å². The Morgan fingerprint density at radius 1 is 1.47 bits per heavy atom. The molecule has 0 unspecified atom stereocenters. The minimum absolute atomic E-state index is 0.551. The second kappa shape index (κ2) is 5.60. The van der Waals surface area contributed by atoms with Gasteiger partial charge < -0.3 is 5.11 Å². The summed E-state index contributed by atoms with van der Waals surface area (Å²) in [6, 6.07) is 0. The smallest absolute Gasteiger partial charge is 0.141 e. The molecule has 0 saturated carbocycles. The van der Waals surface area contributed by atoms with E-state index in [1.807, 2.05) is 25.6 Å². The summed E-state index contributed by atoms with van der Waals surface area (Å²) in [5.41, 5.74) is -0.683. The first-order chi connectivity index (χ1) is 7.78. The van der Waals surface area contributed by atoms with E-state index in [0.29, 0.717) is 19.0 Å². The number of likely N-dealkylation sites (N-methyl/N-ethyl adjacent to an activating group) is 1. The first kappa shape index (κ1) is 14.1. The Morgan fingerprint density at radius 3 is 2.65 bits per heavy atom. The summed E-state index contributed by atoms with van der Waals surface area (Å²) in [5.74, 6) is 1.50. The molecule has 5 heteroatoms. The SMILES string of the molecule is CC(C)Cn1ncnc1CN(C)CC(C)(C)O. The summed E-state index contributed by atoms with van der Waals surface area (Å²) in [6.45, 7) is 10.1. The molecule has 0 amide bonds. The molecule has 17 heavy (non-hydrogen) atoms. The Balaban J connectivity index is 2.59. The lowest BCUT2D eigenvalue weighted by Gasteiger charge is -2.25. The minimum Gasteiger partial charge on any atom is -0.389 e. The number of hydrogen-bond donors (Lipinski definition) is 1. The van der Waals surface area contributed by atoms with E-state index in [2.05, 4.69) is 28.8 Å². The second-order valence-corrected chi connectivity index (χ2v) is 5.74. The molecule has 0 saturated heterocycles. The van der Waals surface area contributed by atoms with Crippen LogP contribution in [0, 0.1) is 5.92 Å². The Labute approximate surface area is 103 Å². The molecule has 0 atom stereocenters. The topological polar surface area (TPSA) is 54.2 Å². The van der Waals surface area contributed by atoms with Crippen LogP contribution in [-0.2, 0) is 13.1 Å². The third-order valence-corrected chi connectivity index (χ3v) is 2.30. The maximum atomic E-state index is 9.75. The largest absolute Gasteiger partial charge is 0.389 e. The molecule has 1 N–H and O–H groups in total. The van der Waals surface area contributed by atoms with Crippen molar-refractivity contribution < 1.29 is 5.11 Å². The number of aliphatic hydroxyl groups is 1. The molecule has 5 nitrogen and oxygen atoms in total. The first-order valence-electron chi connectivity index (χ1n) is 6.05.